The van der Waals surface area contributed by atoms with Gasteiger partial charge in [-0.15, -0.1) is 0 Å². The summed E-state index contributed by atoms with van der Waals surface area (Å²) in [4.78, 5) is 15.1. The molecule has 1 rings (SSSR count). The molecular weight excluding hydrogens is 360 g/mol. The van der Waals surface area contributed by atoms with Gasteiger partial charge in [-0.2, -0.15) is 0 Å². The number of pyridine rings is 1. The summed E-state index contributed by atoms with van der Waals surface area (Å²) in [6.45, 7) is 5.55. The lowest BCUT2D eigenvalue weighted by Crippen LogP contribution is -2.46. The van der Waals surface area contributed by atoms with Crippen molar-refractivity contribution in [3.8, 4) is 0 Å². The predicted octanol–water partition coefficient (Wildman–Crippen LogP) is 1.21. The second-order valence-electron chi connectivity index (χ2n) is 5.16. The number of primary amides is 1. The van der Waals surface area contributed by atoms with Crippen LogP contribution in [0.4, 0.5) is 5.82 Å². The molecule has 7 nitrogen and oxygen atoms in total. The monoisotopic (exact) mass is 378 g/mol. The summed E-state index contributed by atoms with van der Waals surface area (Å²) < 4.78 is 28.0. The SMILES string of the molecule is CCNc1ncc(Br)cc1S(=O)(=O)NC(C)(C)CC(N)=O. The number of nitrogens with zero attached hydrogens (tertiary/aromatic N) is 1. The van der Waals surface area contributed by atoms with Gasteiger partial charge in [0.25, 0.3) is 0 Å². The number of rotatable bonds is 7. The number of hydrogen-bond acceptors (Lipinski definition) is 5. The second-order valence-corrected chi connectivity index (χ2v) is 7.73. The van der Waals surface area contributed by atoms with Gasteiger partial charge >= 0.3 is 0 Å². The fraction of sp³-hybridized carbons (Fsp3) is 0.500. The van der Waals surface area contributed by atoms with Gasteiger partial charge in [-0.05, 0) is 42.8 Å². The first-order valence-corrected chi connectivity index (χ1v) is 8.57. The lowest BCUT2D eigenvalue weighted by Gasteiger charge is -2.25. The van der Waals surface area contributed by atoms with Crippen molar-refractivity contribution in [2.24, 2.45) is 5.73 Å². The second kappa shape index (κ2) is 6.71. The number of nitrogens with two attached hydrogens (primary N) is 1. The first-order chi connectivity index (χ1) is 9.57. The van der Waals surface area contributed by atoms with Crippen LogP contribution in [0.15, 0.2) is 21.6 Å². The van der Waals surface area contributed by atoms with Gasteiger partial charge in [0, 0.05) is 29.2 Å². The number of anilines is 1. The van der Waals surface area contributed by atoms with Crippen LogP contribution in [0, 0.1) is 0 Å². The third-order valence-corrected chi connectivity index (χ3v) is 4.63. The highest BCUT2D eigenvalue weighted by Crippen LogP contribution is 2.24. The Hall–Kier alpha value is -1.19. The summed E-state index contributed by atoms with van der Waals surface area (Å²) in [5.74, 6) is -0.329. The topological polar surface area (TPSA) is 114 Å². The largest absolute Gasteiger partial charge is 0.370 e. The summed E-state index contributed by atoms with van der Waals surface area (Å²) >= 11 is 3.20. The van der Waals surface area contributed by atoms with Crippen molar-refractivity contribution in [3.63, 3.8) is 0 Å². The van der Waals surface area contributed by atoms with E-state index in [0.717, 1.165) is 0 Å². The molecule has 0 saturated carbocycles. The Morgan fingerprint density at radius 3 is 2.62 bits per heavy atom. The molecule has 21 heavy (non-hydrogen) atoms. The van der Waals surface area contributed by atoms with Crippen molar-refractivity contribution >= 4 is 37.7 Å². The number of halogens is 1. The minimum atomic E-state index is -3.85. The van der Waals surface area contributed by atoms with Crippen LogP contribution >= 0.6 is 15.9 Å². The van der Waals surface area contributed by atoms with Gasteiger partial charge in [-0.25, -0.2) is 18.1 Å². The van der Waals surface area contributed by atoms with E-state index < -0.39 is 21.5 Å². The van der Waals surface area contributed by atoms with Crippen LogP contribution in [0.5, 0.6) is 0 Å². The average Bonchev–Trinajstić information content (AvgIpc) is 2.28. The molecule has 1 aromatic rings. The molecule has 0 aromatic carbocycles. The van der Waals surface area contributed by atoms with Gasteiger partial charge in [0.15, 0.2) is 0 Å². The van der Waals surface area contributed by atoms with Crippen LogP contribution in [0.1, 0.15) is 27.2 Å². The highest BCUT2D eigenvalue weighted by molar-refractivity contribution is 9.10. The van der Waals surface area contributed by atoms with Crippen molar-refractivity contribution < 1.29 is 13.2 Å². The minimum absolute atomic E-state index is 0.0104. The van der Waals surface area contributed by atoms with Crippen LogP contribution in [0.2, 0.25) is 0 Å². The van der Waals surface area contributed by atoms with Crippen LogP contribution in [0.25, 0.3) is 0 Å². The van der Waals surface area contributed by atoms with Gasteiger partial charge < -0.3 is 11.1 Å². The third kappa shape index (κ3) is 5.25. The molecule has 0 atom stereocenters. The number of nitrogens with one attached hydrogen (secondary N) is 2. The van der Waals surface area contributed by atoms with Crippen LogP contribution < -0.4 is 15.8 Å². The van der Waals surface area contributed by atoms with E-state index in [9.17, 15) is 13.2 Å². The van der Waals surface area contributed by atoms with Crippen LogP contribution in [0.3, 0.4) is 0 Å². The fourth-order valence-corrected chi connectivity index (χ4v) is 3.87. The predicted molar refractivity (Wildman–Crippen MR) is 84.3 cm³/mol. The molecule has 0 spiro atoms. The Bertz CT molecular complexity index is 631. The van der Waals surface area contributed by atoms with Crippen molar-refractivity contribution in [1.82, 2.24) is 9.71 Å². The normalized spacial score (nSPS) is 12.2. The quantitative estimate of drug-likeness (QED) is 0.659. The lowest BCUT2D eigenvalue weighted by atomic mass is 10.0. The van der Waals surface area contributed by atoms with E-state index in [4.69, 9.17) is 5.73 Å². The first kappa shape index (κ1) is 17.9. The van der Waals surface area contributed by atoms with E-state index >= 15 is 0 Å². The van der Waals surface area contributed by atoms with E-state index in [1.807, 2.05) is 6.92 Å². The van der Waals surface area contributed by atoms with Crippen molar-refractivity contribution in [2.75, 3.05) is 11.9 Å². The van der Waals surface area contributed by atoms with Crippen LogP contribution in [-0.4, -0.2) is 31.4 Å². The molecule has 0 aliphatic carbocycles. The number of hydrogen-bond donors (Lipinski definition) is 3. The van der Waals surface area contributed by atoms with E-state index in [2.05, 4.69) is 31.0 Å². The molecule has 1 aromatic heterocycles. The molecule has 0 saturated heterocycles. The van der Waals surface area contributed by atoms with E-state index in [1.54, 1.807) is 13.8 Å². The van der Waals surface area contributed by atoms with Gasteiger partial charge in [-0.1, -0.05) is 0 Å². The van der Waals surface area contributed by atoms with Gasteiger partial charge in [0.2, 0.25) is 15.9 Å². The number of sulfonamides is 1. The molecule has 0 fully saturated rings. The van der Waals surface area contributed by atoms with Crippen LogP contribution in [-0.2, 0) is 14.8 Å². The number of carbonyl (C=O) groups excluding carboxylic acids is 1. The molecule has 0 unspecified atom stereocenters. The molecule has 0 aliphatic rings. The summed E-state index contributed by atoms with van der Waals surface area (Å²) in [6.07, 6.45) is 1.40. The van der Waals surface area contributed by atoms with E-state index in [-0.39, 0.29) is 17.1 Å². The van der Waals surface area contributed by atoms with Crippen molar-refractivity contribution in [3.05, 3.63) is 16.7 Å². The molecular formula is C12H19BrN4O3S. The molecule has 118 valence electrons. The Labute approximate surface area is 132 Å². The van der Waals surface area contributed by atoms with E-state index in [0.29, 0.717) is 11.0 Å². The zero-order chi connectivity index (χ0) is 16.3. The summed E-state index contributed by atoms with van der Waals surface area (Å²) in [5.41, 5.74) is 4.14. The lowest BCUT2D eigenvalue weighted by molar-refractivity contribution is -0.119. The van der Waals surface area contributed by atoms with Gasteiger partial charge in [-0.3, -0.25) is 4.79 Å². The standard InChI is InChI=1S/C12H19BrN4O3S/c1-4-15-11-9(5-8(13)7-16-11)21(19,20)17-12(2,3)6-10(14)18/h5,7,17H,4,6H2,1-3H3,(H2,14,18)(H,15,16). The van der Waals surface area contributed by atoms with Gasteiger partial charge in [0.05, 0.1) is 0 Å². The first-order valence-electron chi connectivity index (χ1n) is 6.29. The van der Waals surface area contributed by atoms with Gasteiger partial charge in [0.1, 0.15) is 10.7 Å². The Morgan fingerprint density at radius 1 is 1.48 bits per heavy atom. The number of amides is 1. The molecule has 9 heteroatoms. The Balaban J connectivity index is 3.18. The summed E-state index contributed by atoms with van der Waals surface area (Å²) in [6, 6.07) is 1.45. The number of aromatic nitrogens is 1. The van der Waals surface area contributed by atoms with E-state index in [1.165, 1.54) is 12.3 Å². The summed E-state index contributed by atoms with van der Waals surface area (Å²) in [5, 5.41) is 2.89. The molecule has 0 aliphatic heterocycles. The summed E-state index contributed by atoms with van der Waals surface area (Å²) in [7, 11) is -3.85. The minimum Gasteiger partial charge on any atom is -0.370 e. The van der Waals surface area contributed by atoms with Crippen molar-refractivity contribution in [2.45, 2.75) is 37.6 Å². The third-order valence-electron chi connectivity index (χ3n) is 2.48. The zero-order valence-electron chi connectivity index (χ0n) is 12.1. The fourth-order valence-electron chi connectivity index (χ4n) is 1.82. The molecule has 4 N–H and O–H groups in total. The Morgan fingerprint density at radius 2 is 2.10 bits per heavy atom. The maximum Gasteiger partial charge on any atom is 0.244 e. The highest BCUT2D eigenvalue weighted by Gasteiger charge is 2.30. The molecule has 1 amide bonds. The maximum absolute atomic E-state index is 12.5. The smallest absolute Gasteiger partial charge is 0.244 e. The number of carbonyl (C=O) groups is 1. The Kier molecular flexibility index (Phi) is 5.71. The molecule has 0 radical (unpaired) electrons. The molecule has 0 bridgehead atoms. The zero-order valence-corrected chi connectivity index (χ0v) is 14.5. The average molecular weight is 379 g/mol. The highest BCUT2D eigenvalue weighted by atomic mass is 79.9. The maximum atomic E-state index is 12.5. The van der Waals surface area contributed by atoms with Crippen molar-refractivity contribution in [1.29, 1.82) is 0 Å². The molecule has 1 heterocycles.